The summed E-state index contributed by atoms with van der Waals surface area (Å²) in [5.41, 5.74) is 6.24. The van der Waals surface area contributed by atoms with Gasteiger partial charge in [0.05, 0.1) is 43.6 Å². The molecule has 1 fully saturated rings. The van der Waals surface area contributed by atoms with Crippen LogP contribution >= 0.6 is 0 Å². The topological polar surface area (TPSA) is 110 Å². The molecule has 2 N–H and O–H groups in total. The lowest BCUT2D eigenvalue weighted by Gasteiger charge is -2.38. The minimum Gasteiger partial charge on any atom is -0.381 e. The van der Waals surface area contributed by atoms with Gasteiger partial charge in [-0.1, -0.05) is 0 Å². The van der Waals surface area contributed by atoms with Crippen molar-refractivity contribution < 1.29 is 9.53 Å². The number of amides is 1. The Morgan fingerprint density at radius 1 is 1.29 bits per heavy atom. The molecule has 4 heterocycles. The van der Waals surface area contributed by atoms with Crippen LogP contribution in [0.25, 0.3) is 11.1 Å². The molecule has 1 saturated heterocycles. The summed E-state index contributed by atoms with van der Waals surface area (Å²) < 4.78 is 7.05. The summed E-state index contributed by atoms with van der Waals surface area (Å²) in [5.74, 6) is 0.413. The lowest BCUT2D eigenvalue weighted by Crippen LogP contribution is -2.50. The van der Waals surface area contributed by atoms with Crippen molar-refractivity contribution in [1.29, 1.82) is 10.7 Å². The average Bonchev–Trinajstić information content (AvgIpc) is 3.25. The number of carbonyl (C=O) groups excluding carboxylic acids is 1. The van der Waals surface area contributed by atoms with E-state index >= 15 is 0 Å². The Kier molecular flexibility index (Phi) is 5.84. The molecule has 0 saturated carbocycles. The highest BCUT2D eigenvalue weighted by molar-refractivity contribution is 6.09. The van der Waals surface area contributed by atoms with Gasteiger partial charge in [0, 0.05) is 67.8 Å². The second-order valence-corrected chi connectivity index (χ2v) is 9.17. The van der Waals surface area contributed by atoms with Crippen molar-refractivity contribution in [1.82, 2.24) is 20.0 Å². The molecule has 3 aliphatic rings. The van der Waals surface area contributed by atoms with E-state index in [9.17, 15) is 15.5 Å². The SMILES string of the molecule is CC(=O)N1CCC(NC2COC2)=C(C(=N)N2CCCc3cc(-c4cnn(C)c4)c(C#N)cc32)C1. The third-order valence-corrected chi connectivity index (χ3v) is 6.84. The summed E-state index contributed by atoms with van der Waals surface area (Å²) in [6, 6.07) is 6.57. The monoisotopic (exact) mass is 459 g/mol. The van der Waals surface area contributed by atoms with E-state index in [-0.39, 0.29) is 11.9 Å². The van der Waals surface area contributed by atoms with Gasteiger partial charge in [0.15, 0.2) is 0 Å². The number of hydrogen-bond donors (Lipinski definition) is 2. The Balaban J connectivity index is 1.52. The maximum Gasteiger partial charge on any atom is 0.219 e. The van der Waals surface area contributed by atoms with Crippen LogP contribution < -0.4 is 10.2 Å². The maximum atomic E-state index is 12.1. The number of rotatable bonds is 4. The minimum absolute atomic E-state index is 0.0169. The van der Waals surface area contributed by atoms with Crippen molar-refractivity contribution in [3.05, 3.63) is 46.9 Å². The van der Waals surface area contributed by atoms with Gasteiger partial charge in [-0.05, 0) is 30.5 Å². The maximum absolute atomic E-state index is 12.1. The molecule has 176 valence electrons. The number of hydrogen-bond acceptors (Lipinski definition) is 6. The van der Waals surface area contributed by atoms with E-state index < -0.39 is 0 Å². The van der Waals surface area contributed by atoms with E-state index in [1.165, 1.54) is 0 Å². The number of carbonyl (C=O) groups is 1. The van der Waals surface area contributed by atoms with E-state index in [2.05, 4.69) is 22.6 Å². The first kappa shape index (κ1) is 22.2. The van der Waals surface area contributed by atoms with Gasteiger partial charge in [-0.3, -0.25) is 14.9 Å². The third kappa shape index (κ3) is 4.05. The van der Waals surface area contributed by atoms with Crippen LogP contribution in [0.15, 0.2) is 35.8 Å². The van der Waals surface area contributed by atoms with Crippen LogP contribution in [0.3, 0.4) is 0 Å². The number of nitrogens with one attached hydrogen (secondary N) is 2. The van der Waals surface area contributed by atoms with Crippen molar-refractivity contribution in [2.75, 3.05) is 37.7 Å². The Hall–Kier alpha value is -3.64. The second kappa shape index (κ2) is 8.95. The smallest absolute Gasteiger partial charge is 0.219 e. The number of ether oxygens (including phenoxy) is 1. The number of amidine groups is 1. The normalized spacial score (nSPS) is 18.3. The van der Waals surface area contributed by atoms with Crippen LogP contribution in [0.2, 0.25) is 0 Å². The van der Waals surface area contributed by atoms with Gasteiger partial charge in [0.2, 0.25) is 5.91 Å². The van der Waals surface area contributed by atoms with Crippen LogP contribution in [-0.4, -0.2) is 65.3 Å². The Bertz CT molecular complexity index is 1220. The summed E-state index contributed by atoms with van der Waals surface area (Å²) in [5, 5.41) is 26.9. The molecule has 0 spiro atoms. The number of aromatic nitrogens is 2. The summed E-state index contributed by atoms with van der Waals surface area (Å²) >= 11 is 0. The molecule has 1 amide bonds. The van der Waals surface area contributed by atoms with Gasteiger partial charge in [0.1, 0.15) is 5.84 Å². The first-order valence-corrected chi connectivity index (χ1v) is 11.7. The molecule has 1 aromatic heterocycles. The fraction of sp³-hybridized carbons (Fsp3) is 0.440. The zero-order valence-electron chi connectivity index (χ0n) is 19.6. The predicted octanol–water partition coefficient (Wildman–Crippen LogP) is 2.18. The highest BCUT2D eigenvalue weighted by Gasteiger charge is 2.31. The zero-order chi connectivity index (χ0) is 23.8. The van der Waals surface area contributed by atoms with E-state index in [4.69, 9.17) is 4.74 Å². The lowest BCUT2D eigenvalue weighted by atomic mass is 9.92. The Labute approximate surface area is 199 Å². The molecular formula is C25H29N7O2. The minimum atomic E-state index is 0.0169. The Morgan fingerprint density at radius 2 is 2.12 bits per heavy atom. The van der Waals surface area contributed by atoms with E-state index in [1.54, 1.807) is 22.7 Å². The van der Waals surface area contributed by atoms with Crippen molar-refractivity contribution in [2.45, 2.75) is 32.2 Å². The Morgan fingerprint density at radius 3 is 2.76 bits per heavy atom. The summed E-state index contributed by atoms with van der Waals surface area (Å²) in [7, 11) is 1.86. The number of anilines is 1. The molecular weight excluding hydrogens is 430 g/mol. The highest BCUT2D eigenvalue weighted by Crippen LogP contribution is 2.36. The van der Waals surface area contributed by atoms with E-state index in [1.807, 2.05) is 24.2 Å². The van der Waals surface area contributed by atoms with Crippen LogP contribution in [-0.2, 0) is 23.0 Å². The van der Waals surface area contributed by atoms with Gasteiger partial charge in [-0.25, -0.2) is 0 Å². The van der Waals surface area contributed by atoms with Crippen LogP contribution in [0.5, 0.6) is 0 Å². The van der Waals surface area contributed by atoms with Gasteiger partial charge < -0.3 is 19.9 Å². The van der Waals surface area contributed by atoms with Crippen LogP contribution in [0.1, 0.15) is 30.9 Å². The first-order chi connectivity index (χ1) is 16.4. The van der Waals surface area contributed by atoms with E-state index in [0.29, 0.717) is 50.7 Å². The van der Waals surface area contributed by atoms with Crippen LogP contribution in [0.4, 0.5) is 5.69 Å². The number of nitrogens with zero attached hydrogens (tertiary/aromatic N) is 5. The van der Waals surface area contributed by atoms with Gasteiger partial charge in [-0.15, -0.1) is 0 Å². The zero-order valence-corrected chi connectivity index (χ0v) is 19.6. The van der Waals surface area contributed by atoms with Crippen molar-refractivity contribution in [2.24, 2.45) is 7.05 Å². The van der Waals surface area contributed by atoms with Crippen molar-refractivity contribution in [3.63, 3.8) is 0 Å². The van der Waals surface area contributed by atoms with Gasteiger partial charge in [-0.2, -0.15) is 10.4 Å². The molecule has 0 atom stereocenters. The fourth-order valence-corrected chi connectivity index (χ4v) is 4.89. The predicted molar refractivity (Wildman–Crippen MR) is 128 cm³/mol. The molecule has 5 rings (SSSR count). The number of nitriles is 1. The third-order valence-electron chi connectivity index (χ3n) is 6.84. The number of aryl methyl sites for hydroxylation is 2. The molecule has 3 aliphatic heterocycles. The van der Waals surface area contributed by atoms with Crippen molar-refractivity contribution >= 4 is 17.4 Å². The molecule has 0 aliphatic carbocycles. The summed E-state index contributed by atoms with van der Waals surface area (Å²) in [4.78, 5) is 15.9. The summed E-state index contributed by atoms with van der Waals surface area (Å²) in [6.07, 6.45) is 6.18. The molecule has 0 bridgehead atoms. The lowest BCUT2D eigenvalue weighted by molar-refractivity contribution is -0.128. The number of benzene rings is 1. The second-order valence-electron chi connectivity index (χ2n) is 9.17. The molecule has 9 nitrogen and oxygen atoms in total. The average molecular weight is 460 g/mol. The molecule has 1 aromatic carbocycles. The van der Waals surface area contributed by atoms with Crippen molar-refractivity contribution in [3.8, 4) is 17.2 Å². The number of fused-ring (bicyclic) bond motifs is 1. The van der Waals surface area contributed by atoms with E-state index in [0.717, 1.165) is 46.5 Å². The molecule has 34 heavy (non-hydrogen) atoms. The van der Waals surface area contributed by atoms with Crippen LogP contribution in [0, 0.1) is 16.7 Å². The molecule has 0 radical (unpaired) electrons. The first-order valence-electron chi connectivity index (χ1n) is 11.7. The molecule has 9 heteroatoms. The standard InChI is InChI=1S/C25H29N7O2/c1-16(33)31-7-5-23(29-20-14-34-15-20)22(13-31)25(27)32-6-3-4-17-8-21(18(10-26)9-24(17)32)19-11-28-30(2)12-19/h8-9,11-12,20,27,29H,3-7,13-15H2,1-2H3. The quantitative estimate of drug-likeness (QED) is 0.536. The van der Waals surface area contributed by atoms with Gasteiger partial charge >= 0.3 is 0 Å². The van der Waals surface area contributed by atoms with Gasteiger partial charge in [0.25, 0.3) is 0 Å². The largest absolute Gasteiger partial charge is 0.381 e. The molecule has 0 unspecified atom stereocenters. The molecule has 2 aromatic rings. The highest BCUT2D eigenvalue weighted by atomic mass is 16.5. The fourth-order valence-electron chi connectivity index (χ4n) is 4.89. The summed E-state index contributed by atoms with van der Waals surface area (Å²) in [6.45, 7) is 4.66.